The molecule has 0 radical (unpaired) electrons. The van der Waals surface area contributed by atoms with Crippen molar-refractivity contribution in [3.63, 3.8) is 0 Å². The molecule has 1 aliphatic heterocycles. The van der Waals surface area contributed by atoms with Crippen LogP contribution in [-0.2, 0) is 9.59 Å². The first-order valence-electron chi connectivity index (χ1n) is 4.22. The van der Waals surface area contributed by atoms with Gasteiger partial charge in [0.2, 0.25) is 0 Å². The number of alkyl halides is 1. The summed E-state index contributed by atoms with van der Waals surface area (Å²) >= 11 is 11.4. The number of hydrogen-bond donors (Lipinski definition) is 0. The van der Waals surface area contributed by atoms with Crippen molar-refractivity contribution in [2.24, 2.45) is 0 Å². The van der Waals surface area contributed by atoms with Crippen LogP contribution in [0.25, 0.3) is 0 Å². The van der Waals surface area contributed by atoms with Crippen molar-refractivity contribution in [1.29, 1.82) is 0 Å². The van der Waals surface area contributed by atoms with Gasteiger partial charge in [-0.15, -0.1) is 11.6 Å². The van der Waals surface area contributed by atoms with Crippen LogP contribution in [0.1, 0.15) is 0 Å². The molecule has 1 fully saturated rings. The molecule has 1 rings (SSSR count). The van der Waals surface area contributed by atoms with Crippen molar-refractivity contribution in [1.82, 2.24) is 4.90 Å². The van der Waals surface area contributed by atoms with E-state index in [1.54, 1.807) is 18.2 Å². The number of carbonyl (C=O) groups is 2. The van der Waals surface area contributed by atoms with Gasteiger partial charge in [-0.3, -0.25) is 9.69 Å². The van der Waals surface area contributed by atoms with Crippen LogP contribution in [0.2, 0.25) is 0 Å². The Kier molecular flexibility index (Phi) is 8.36. The van der Waals surface area contributed by atoms with E-state index in [4.69, 9.17) is 23.8 Å². The normalized spacial score (nSPS) is 17.9. The minimum Gasteiger partial charge on any atom is -0.548 e. The third-order valence-corrected chi connectivity index (χ3v) is 3.21. The van der Waals surface area contributed by atoms with Crippen molar-refractivity contribution in [2.45, 2.75) is 0 Å². The van der Waals surface area contributed by atoms with E-state index < -0.39 is 18.4 Å². The summed E-state index contributed by atoms with van der Waals surface area (Å²) in [7, 11) is 0. The van der Waals surface area contributed by atoms with Crippen LogP contribution < -0.4 is 34.7 Å². The number of amides is 1. The van der Waals surface area contributed by atoms with E-state index in [0.29, 0.717) is 10.8 Å². The Hall–Kier alpha value is 0.150. The van der Waals surface area contributed by atoms with Crippen LogP contribution >= 0.6 is 35.6 Å². The number of carboxylic acids is 1. The molecule has 0 aromatic carbocycles. The minimum absolute atomic E-state index is 0. The molecule has 0 unspecified atom stereocenters. The van der Waals surface area contributed by atoms with Crippen molar-refractivity contribution < 1.29 is 44.3 Å². The van der Waals surface area contributed by atoms with Crippen molar-refractivity contribution in [3.8, 4) is 0 Å². The summed E-state index contributed by atoms with van der Waals surface area (Å²) in [5.74, 6) is -1.41. The monoisotopic (exact) mass is 299 g/mol. The Morgan fingerprint density at radius 3 is 2.76 bits per heavy atom. The maximum absolute atomic E-state index is 11.6. The molecule has 0 saturated carbocycles. The Balaban J connectivity index is 0.00000256. The fraction of sp³-hybridized carbons (Fsp3) is 0.222. The number of halogens is 1. The Morgan fingerprint density at radius 1 is 1.59 bits per heavy atom. The quantitative estimate of drug-likeness (QED) is 0.244. The molecule has 0 aromatic rings. The molecular formula is C9H7ClNNaO3S2. The average molecular weight is 300 g/mol. The van der Waals surface area contributed by atoms with Gasteiger partial charge < -0.3 is 9.90 Å². The minimum atomic E-state index is -1.34. The second-order valence-corrected chi connectivity index (χ2v) is 4.73. The SMILES string of the molecule is O=C([O-])CN1C(=O)C(=CC=CCCl)SC1=S.[Na+]. The molecule has 1 heterocycles. The number of hydrogen-bond acceptors (Lipinski definition) is 5. The van der Waals surface area contributed by atoms with E-state index >= 15 is 0 Å². The molecule has 0 N–H and O–H groups in total. The van der Waals surface area contributed by atoms with Crippen LogP contribution in [0.5, 0.6) is 0 Å². The van der Waals surface area contributed by atoms with E-state index in [2.05, 4.69) is 0 Å². The summed E-state index contributed by atoms with van der Waals surface area (Å²) < 4.78 is 0.222. The van der Waals surface area contributed by atoms with Crippen molar-refractivity contribution in [3.05, 3.63) is 23.1 Å². The van der Waals surface area contributed by atoms with Crippen LogP contribution in [0.3, 0.4) is 0 Å². The number of thiocarbonyl (C=S) groups is 1. The third-order valence-electron chi connectivity index (χ3n) is 1.63. The smallest absolute Gasteiger partial charge is 0.548 e. The van der Waals surface area contributed by atoms with Gasteiger partial charge in [-0.1, -0.05) is 36.1 Å². The summed E-state index contributed by atoms with van der Waals surface area (Å²) in [4.78, 5) is 23.4. The van der Waals surface area contributed by atoms with Gasteiger partial charge in [0.05, 0.1) is 17.4 Å². The molecule has 0 aliphatic carbocycles. The molecular weight excluding hydrogens is 293 g/mol. The predicted molar refractivity (Wildman–Crippen MR) is 64.9 cm³/mol. The summed E-state index contributed by atoms with van der Waals surface area (Å²) in [6.45, 7) is -0.513. The number of aliphatic carboxylic acids is 1. The van der Waals surface area contributed by atoms with E-state index in [1.165, 1.54) is 0 Å². The van der Waals surface area contributed by atoms with Gasteiger partial charge in [0, 0.05) is 5.88 Å². The standard InChI is InChI=1S/C9H8ClNO3S2.Na/c10-4-2-1-3-6-8(14)11(5-7(12)13)9(15)16-6;/h1-3H,4-5H2,(H,12,13);/q;+1/p-1. The number of carboxylic acid groups (broad SMARTS) is 1. The van der Waals surface area contributed by atoms with Gasteiger partial charge in [0.15, 0.2) is 0 Å². The van der Waals surface area contributed by atoms with Gasteiger partial charge in [0.1, 0.15) is 4.32 Å². The maximum atomic E-state index is 11.6. The largest absolute Gasteiger partial charge is 1.00 e. The van der Waals surface area contributed by atoms with E-state index in [0.717, 1.165) is 16.7 Å². The second-order valence-electron chi connectivity index (χ2n) is 2.74. The molecule has 4 nitrogen and oxygen atoms in total. The molecule has 0 atom stereocenters. The molecule has 1 aliphatic rings. The fourth-order valence-corrected chi connectivity index (χ4v) is 2.30. The zero-order valence-corrected chi connectivity index (χ0v) is 13.4. The van der Waals surface area contributed by atoms with Crippen LogP contribution in [-0.4, -0.2) is 33.5 Å². The zero-order chi connectivity index (χ0) is 12.1. The number of nitrogens with zero attached hydrogens (tertiary/aromatic N) is 1. The molecule has 0 spiro atoms. The molecule has 0 aromatic heterocycles. The van der Waals surface area contributed by atoms with Crippen LogP contribution in [0.15, 0.2) is 23.1 Å². The van der Waals surface area contributed by atoms with Gasteiger partial charge in [-0.05, 0) is 6.08 Å². The zero-order valence-electron chi connectivity index (χ0n) is 9.01. The molecule has 1 amide bonds. The first-order chi connectivity index (χ1) is 7.56. The van der Waals surface area contributed by atoms with Gasteiger partial charge in [-0.25, -0.2) is 0 Å². The van der Waals surface area contributed by atoms with Crippen molar-refractivity contribution in [2.75, 3.05) is 12.4 Å². The number of allylic oxidation sites excluding steroid dienone is 3. The number of carbonyl (C=O) groups excluding carboxylic acids is 2. The molecule has 86 valence electrons. The van der Waals surface area contributed by atoms with Gasteiger partial charge >= 0.3 is 29.6 Å². The van der Waals surface area contributed by atoms with Crippen LogP contribution in [0, 0.1) is 0 Å². The molecule has 8 heteroatoms. The summed E-state index contributed by atoms with van der Waals surface area (Å²) in [5, 5.41) is 10.4. The number of rotatable bonds is 4. The first-order valence-corrected chi connectivity index (χ1v) is 5.98. The van der Waals surface area contributed by atoms with E-state index in [-0.39, 0.29) is 33.9 Å². The molecule has 17 heavy (non-hydrogen) atoms. The topological polar surface area (TPSA) is 60.4 Å². The maximum Gasteiger partial charge on any atom is 1.00 e. The Bertz CT molecular complexity index is 398. The summed E-state index contributed by atoms with van der Waals surface area (Å²) in [6.07, 6.45) is 4.84. The van der Waals surface area contributed by atoms with Crippen molar-refractivity contribution >= 4 is 51.8 Å². The fourth-order valence-electron chi connectivity index (χ4n) is 0.986. The summed E-state index contributed by atoms with van der Waals surface area (Å²) in [5.41, 5.74) is 0. The predicted octanol–water partition coefficient (Wildman–Crippen LogP) is -2.72. The number of thioether (sulfide) groups is 1. The van der Waals surface area contributed by atoms with Gasteiger partial charge in [0.25, 0.3) is 5.91 Å². The molecule has 1 saturated heterocycles. The third kappa shape index (κ3) is 5.11. The second kappa shape index (κ2) is 8.29. The summed E-state index contributed by atoms with van der Waals surface area (Å²) in [6, 6.07) is 0. The van der Waals surface area contributed by atoms with Crippen LogP contribution in [0.4, 0.5) is 0 Å². The van der Waals surface area contributed by atoms with E-state index in [1.807, 2.05) is 0 Å². The average Bonchev–Trinajstić information content (AvgIpc) is 2.46. The van der Waals surface area contributed by atoms with E-state index in [9.17, 15) is 14.7 Å². The Labute approximate surface area is 135 Å². The molecule has 0 bridgehead atoms. The van der Waals surface area contributed by atoms with Gasteiger partial charge in [-0.2, -0.15) is 0 Å². The first kappa shape index (κ1) is 17.2. The Morgan fingerprint density at radius 2 is 2.24 bits per heavy atom.